The van der Waals surface area contributed by atoms with E-state index in [0.29, 0.717) is 0 Å². The van der Waals surface area contributed by atoms with Crippen LogP contribution in [0.4, 0.5) is 0 Å². The molecular formula is C9H9NO3. The molecule has 1 aromatic rings. The van der Waals surface area contributed by atoms with E-state index in [1.165, 1.54) is 7.11 Å². The lowest BCUT2D eigenvalue weighted by Gasteiger charge is -1.98. The minimum absolute atomic E-state index is 0.271. The molecule has 0 amide bonds. The number of para-hydroxylation sites is 1. The first kappa shape index (κ1) is 7.91. The van der Waals surface area contributed by atoms with Gasteiger partial charge in [-0.2, -0.15) is 0 Å². The molecule has 1 aliphatic rings. The monoisotopic (exact) mass is 179 g/mol. The minimum Gasteiger partial charge on any atom is -0.454 e. The Hall–Kier alpha value is -1.71. The van der Waals surface area contributed by atoms with Crippen molar-refractivity contribution < 1.29 is 14.3 Å². The molecule has 1 heterocycles. The first-order valence-electron chi connectivity index (χ1n) is 3.87. The summed E-state index contributed by atoms with van der Waals surface area (Å²) in [5, 5.41) is 3.66. The van der Waals surface area contributed by atoms with Gasteiger partial charge in [0.15, 0.2) is 11.5 Å². The number of hydrogen-bond donors (Lipinski definition) is 0. The highest BCUT2D eigenvalue weighted by Gasteiger charge is 2.15. The predicted molar refractivity (Wildman–Crippen MR) is 47.2 cm³/mol. The predicted octanol–water partition coefficient (Wildman–Crippen LogP) is 1.40. The van der Waals surface area contributed by atoms with Crippen molar-refractivity contribution in [1.82, 2.24) is 0 Å². The zero-order valence-corrected chi connectivity index (χ0v) is 7.19. The SMILES string of the molecule is CO/N=C\c1cccc2c1OCO2. The molecule has 0 atom stereocenters. The van der Waals surface area contributed by atoms with Crippen LogP contribution in [-0.4, -0.2) is 20.1 Å². The largest absolute Gasteiger partial charge is 0.454 e. The third-order valence-electron chi connectivity index (χ3n) is 1.72. The zero-order valence-electron chi connectivity index (χ0n) is 7.19. The molecule has 1 aromatic carbocycles. The maximum Gasteiger partial charge on any atom is 0.231 e. The number of ether oxygens (including phenoxy) is 2. The van der Waals surface area contributed by atoms with Gasteiger partial charge in [-0.05, 0) is 12.1 Å². The molecular weight excluding hydrogens is 170 g/mol. The topological polar surface area (TPSA) is 40.0 Å². The van der Waals surface area contributed by atoms with Crippen LogP contribution >= 0.6 is 0 Å². The molecule has 0 fully saturated rings. The van der Waals surface area contributed by atoms with Gasteiger partial charge in [0.05, 0.1) is 6.21 Å². The van der Waals surface area contributed by atoms with Gasteiger partial charge in [-0.3, -0.25) is 0 Å². The summed E-state index contributed by atoms with van der Waals surface area (Å²) in [6.45, 7) is 0.271. The molecule has 0 aromatic heterocycles. The number of nitrogens with zero attached hydrogens (tertiary/aromatic N) is 1. The van der Waals surface area contributed by atoms with Crippen LogP contribution in [0.15, 0.2) is 23.4 Å². The van der Waals surface area contributed by atoms with Gasteiger partial charge in [0.25, 0.3) is 0 Å². The molecule has 1 aliphatic heterocycles. The van der Waals surface area contributed by atoms with Crippen LogP contribution in [0.5, 0.6) is 11.5 Å². The zero-order chi connectivity index (χ0) is 9.10. The standard InChI is InChI=1S/C9H9NO3/c1-11-10-5-7-3-2-4-8-9(7)13-6-12-8/h2-5H,6H2,1H3/b10-5-. The third-order valence-corrected chi connectivity index (χ3v) is 1.72. The van der Waals surface area contributed by atoms with Crippen LogP contribution in [0.2, 0.25) is 0 Å². The molecule has 0 bridgehead atoms. The van der Waals surface area contributed by atoms with Crippen molar-refractivity contribution in [3.8, 4) is 11.5 Å². The van der Waals surface area contributed by atoms with Crippen molar-refractivity contribution in [3.63, 3.8) is 0 Å². The van der Waals surface area contributed by atoms with Crippen molar-refractivity contribution >= 4 is 6.21 Å². The van der Waals surface area contributed by atoms with Gasteiger partial charge in [0, 0.05) is 5.56 Å². The van der Waals surface area contributed by atoms with Gasteiger partial charge in [-0.1, -0.05) is 11.2 Å². The van der Waals surface area contributed by atoms with Gasteiger partial charge in [0.2, 0.25) is 6.79 Å². The van der Waals surface area contributed by atoms with Gasteiger partial charge in [0.1, 0.15) is 7.11 Å². The van der Waals surface area contributed by atoms with Crippen molar-refractivity contribution in [2.45, 2.75) is 0 Å². The highest BCUT2D eigenvalue weighted by molar-refractivity contribution is 5.84. The van der Waals surface area contributed by atoms with Gasteiger partial charge in [-0.25, -0.2) is 0 Å². The van der Waals surface area contributed by atoms with Gasteiger partial charge in [-0.15, -0.1) is 0 Å². The lowest BCUT2D eigenvalue weighted by atomic mass is 10.2. The van der Waals surface area contributed by atoms with E-state index in [9.17, 15) is 0 Å². The Balaban J connectivity index is 2.36. The molecule has 0 saturated heterocycles. The van der Waals surface area contributed by atoms with E-state index in [-0.39, 0.29) is 6.79 Å². The Morgan fingerprint density at radius 1 is 1.46 bits per heavy atom. The number of oxime groups is 1. The lowest BCUT2D eigenvalue weighted by molar-refractivity contribution is 0.173. The Morgan fingerprint density at radius 2 is 2.38 bits per heavy atom. The maximum atomic E-state index is 5.26. The highest BCUT2D eigenvalue weighted by atomic mass is 16.7. The summed E-state index contributed by atoms with van der Waals surface area (Å²) in [4.78, 5) is 4.58. The van der Waals surface area contributed by atoms with Crippen LogP contribution < -0.4 is 9.47 Å². The summed E-state index contributed by atoms with van der Waals surface area (Å²) >= 11 is 0. The second-order valence-electron chi connectivity index (χ2n) is 2.50. The summed E-state index contributed by atoms with van der Waals surface area (Å²) in [6.07, 6.45) is 1.59. The normalized spacial score (nSPS) is 13.6. The Kier molecular flexibility index (Phi) is 2.04. The van der Waals surface area contributed by atoms with Crippen LogP contribution in [0.25, 0.3) is 0 Å². The second-order valence-corrected chi connectivity index (χ2v) is 2.50. The van der Waals surface area contributed by atoms with E-state index in [2.05, 4.69) is 9.99 Å². The number of benzene rings is 1. The number of rotatable bonds is 2. The minimum atomic E-state index is 0.271. The van der Waals surface area contributed by atoms with E-state index in [1.807, 2.05) is 18.2 Å². The summed E-state index contributed by atoms with van der Waals surface area (Å²) < 4.78 is 10.5. The van der Waals surface area contributed by atoms with Crippen LogP contribution in [0.3, 0.4) is 0 Å². The van der Waals surface area contributed by atoms with E-state index < -0.39 is 0 Å². The van der Waals surface area contributed by atoms with Crippen LogP contribution in [-0.2, 0) is 4.84 Å². The van der Waals surface area contributed by atoms with E-state index >= 15 is 0 Å². The molecule has 68 valence electrons. The maximum absolute atomic E-state index is 5.26. The molecule has 0 aliphatic carbocycles. The quantitative estimate of drug-likeness (QED) is 0.509. The smallest absolute Gasteiger partial charge is 0.231 e. The molecule has 0 unspecified atom stereocenters. The third kappa shape index (κ3) is 1.42. The fraction of sp³-hybridized carbons (Fsp3) is 0.222. The van der Waals surface area contributed by atoms with Crippen molar-refractivity contribution in [3.05, 3.63) is 23.8 Å². The average molecular weight is 179 g/mol. The highest BCUT2D eigenvalue weighted by Crippen LogP contribution is 2.34. The Bertz CT molecular complexity index is 336. The van der Waals surface area contributed by atoms with Crippen molar-refractivity contribution in [2.75, 3.05) is 13.9 Å². The molecule has 4 nitrogen and oxygen atoms in total. The van der Waals surface area contributed by atoms with Gasteiger partial charge < -0.3 is 14.3 Å². The van der Waals surface area contributed by atoms with E-state index in [1.54, 1.807) is 6.21 Å². The lowest BCUT2D eigenvalue weighted by Crippen LogP contribution is -1.94. The summed E-state index contributed by atoms with van der Waals surface area (Å²) in [7, 11) is 1.50. The molecule has 0 spiro atoms. The summed E-state index contributed by atoms with van der Waals surface area (Å²) in [5.41, 5.74) is 0.858. The Labute approximate surface area is 75.7 Å². The van der Waals surface area contributed by atoms with Crippen LogP contribution in [0, 0.1) is 0 Å². The molecule has 0 radical (unpaired) electrons. The van der Waals surface area contributed by atoms with Crippen molar-refractivity contribution in [1.29, 1.82) is 0 Å². The number of fused-ring (bicyclic) bond motifs is 1. The van der Waals surface area contributed by atoms with Gasteiger partial charge >= 0.3 is 0 Å². The first-order valence-corrected chi connectivity index (χ1v) is 3.87. The fourth-order valence-electron chi connectivity index (χ4n) is 1.16. The number of hydrogen-bond acceptors (Lipinski definition) is 4. The average Bonchev–Trinajstić information content (AvgIpc) is 2.62. The summed E-state index contributed by atoms with van der Waals surface area (Å²) in [5.74, 6) is 1.48. The molecule has 13 heavy (non-hydrogen) atoms. The Morgan fingerprint density at radius 3 is 3.23 bits per heavy atom. The molecule has 0 saturated carbocycles. The fourth-order valence-corrected chi connectivity index (χ4v) is 1.16. The van der Waals surface area contributed by atoms with E-state index in [4.69, 9.17) is 9.47 Å². The van der Waals surface area contributed by atoms with Crippen LogP contribution in [0.1, 0.15) is 5.56 Å². The summed E-state index contributed by atoms with van der Waals surface area (Å²) in [6, 6.07) is 5.62. The second kappa shape index (κ2) is 3.35. The first-order chi connectivity index (χ1) is 6.42. The molecule has 4 heteroatoms. The van der Waals surface area contributed by atoms with Crippen molar-refractivity contribution in [2.24, 2.45) is 5.16 Å². The molecule has 0 N–H and O–H groups in total. The van der Waals surface area contributed by atoms with E-state index in [0.717, 1.165) is 17.1 Å². The molecule has 2 rings (SSSR count).